The number of rotatable bonds is 2. The predicted molar refractivity (Wildman–Crippen MR) is 97.9 cm³/mol. The van der Waals surface area contributed by atoms with E-state index in [1.807, 2.05) is 0 Å². The molecule has 0 aromatic rings. The number of hydrogen-bond acceptors (Lipinski definition) is 3. The molecule has 3 nitrogen and oxygen atoms in total. The first-order chi connectivity index (χ1) is 11.8. The number of fused-ring (bicyclic) bond motifs is 5. The van der Waals surface area contributed by atoms with Crippen LogP contribution in [0.5, 0.6) is 0 Å². The molecular formula is C22H34O3. The highest BCUT2D eigenvalue weighted by molar-refractivity contribution is 5.64. The summed E-state index contributed by atoms with van der Waals surface area (Å²) in [5.41, 5.74) is -0.390. The minimum atomic E-state index is -0.585. The number of aliphatic hydroxyl groups excluding tert-OH is 1. The van der Waals surface area contributed by atoms with Gasteiger partial charge in [-0.2, -0.15) is 0 Å². The van der Waals surface area contributed by atoms with E-state index in [0.717, 1.165) is 57.7 Å². The molecule has 0 saturated heterocycles. The van der Waals surface area contributed by atoms with Crippen LogP contribution in [0, 0.1) is 34.5 Å². The highest BCUT2D eigenvalue weighted by Gasteiger charge is 2.66. The number of hydrogen-bond donors (Lipinski definition) is 2. The minimum Gasteiger partial charge on any atom is -0.393 e. The molecule has 0 heterocycles. The summed E-state index contributed by atoms with van der Waals surface area (Å²) >= 11 is 0. The van der Waals surface area contributed by atoms with Gasteiger partial charge >= 0.3 is 0 Å². The first-order valence-corrected chi connectivity index (χ1v) is 10.4. The van der Waals surface area contributed by atoms with E-state index in [1.165, 1.54) is 6.42 Å². The lowest BCUT2D eigenvalue weighted by molar-refractivity contribution is -0.207. The summed E-state index contributed by atoms with van der Waals surface area (Å²) in [5.74, 6) is 1.92. The third kappa shape index (κ3) is 2.34. The molecule has 8 atom stereocenters. The Kier molecular flexibility index (Phi) is 4.20. The van der Waals surface area contributed by atoms with Crippen LogP contribution in [-0.4, -0.2) is 28.2 Å². The third-order valence-electron chi connectivity index (χ3n) is 9.32. The molecule has 0 bridgehead atoms. The van der Waals surface area contributed by atoms with E-state index in [-0.39, 0.29) is 16.9 Å². The summed E-state index contributed by atoms with van der Waals surface area (Å²) in [7, 11) is 0. The fourth-order valence-corrected chi connectivity index (χ4v) is 7.73. The fourth-order valence-electron chi connectivity index (χ4n) is 7.73. The Hall–Kier alpha value is -0.670. The summed E-state index contributed by atoms with van der Waals surface area (Å²) in [4.78, 5) is 10.8. The highest BCUT2D eigenvalue weighted by Crippen LogP contribution is 2.69. The summed E-state index contributed by atoms with van der Waals surface area (Å²) in [6.07, 6.45) is 13.8. The van der Waals surface area contributed by atoms with Gasteiger partial charge in [0.25, 0.3) is 0 Å². The quantitative estimate of drug-likeness (QED) is 0.589. The van der Waals surface area contributed by atoms with E-state index in [9.17, 15) is 15.0 Å². The van der Waals surface area contributed by atoms with Gasteiger partial charge in [0.2, 0.25) is 0 Å². The lowest BCUT2D eigenvalue weighted by atomic mass is 9.43. The van der Waals surface area contributed by atoms with Crippen molar-refractivity contribution in [2.45, 2.75) is 83.3 Å². The molecule has 25 heavy (non-hydrogen) atoms. The second-order valence-electron chi connectivity index (χ2n) is 9.97. The van der Waals surface area contributed by atoms with Crippen molar-refractivity contribution in [2.24, 2.45) is 34.5 Å². The van der Waals surface area contributed by atoms with Gasteiger partial charge in [-0.25, -0.2) is 0 Å². The highest BCUT2D eigenvalue weighted by atomic mass is 16.3. The third-order valence-corrected chi connectivity index (χ3v) is 9.32. The van der Waals surface area contributed by atoms with E-state index in [2.05, 4.69) is 19.9 Å². The van der Waals surface area contributed by atoms with Gasteiger partial charge in [0.1, 0.15) is 6.29 Å². The first-order valence-electron chi connectivity index (χ1n) is 10.4. The minimum absolute atomic E-state index is 0.0922. The van der Waals surface area contributed by atoms with Crippen molar-refractivity contribution in [2.75, 3.05) is 0 Å². The van der Waals surface area contributed by atoms with Crippen LogP contribution in [0.15, 0.2) is 12.2 Å². The first kappa shape index (κ1) is 17.7. The molecule has 4 rings (SSSR count). The van der Waals surface area contributed by atoms with E-state index in [4.69, 9.17) is 0 Å². The van der Waals surface area contributed by atoms with Gasteiger partial charge in [0, 0.05) is 5.41 Å². The van der Waals surface area contributed by atoms with Crippen molar-refractivity contribution in [3.05, 3.63) is 12.2 Å². The second kappa shape index (κ2) is 5.92. The van der Waals surface area contributed by atoms with E-state index in [0.29, 0.717) is 23.7 Å². The van der Waals surface area contributed by atoms with Crippen LogP contribution in [0.25, 0.3) is 0 Å². The monoisotopic (exact) mass is 346 g/mol. The molecule has 0 amide bonds. The maximum Gasteiger partial charge on any atom is 0.142 e. The molecule has 140 valence electrons. The van der Waals surface area contributed by atoms with Crippen LogP contribution in [0.1, 0.15) is 71.6 Å². The normalized spacial score (nSPS) is 55.4. The van der Waals surface area contributed by atoms with Gasteiger partial charge in [0.05, 0.1) is 11.7 Å². The Labute approximate surface area is 151 Å². The van der Waals surface area contributed by atoms with Gasteiger partial charge in [0.15, 0.2) is 0 Å². The number of aliphatic hydroxyl groups is 2. The molecule has 4 fully saturated rings. The second-order valence-corrected chi connectivity index (χ2v) is 9.97. The van der Waals surface area contributed by atoms with Gasteiger partial charge in [-0.3, -0.25) is 4.79 Å². The Morgan fingerprint density at radius 3 is 2.52 bits per heavy atom. The van der Waals surface area contributed by atoms with E-state index < -0.39 is 5.60 Å². The SMILES string of the molecule is C[C@]12CC[C@@H](O)C[C@H]1CC[C@@H]1[C@@H]2CC[C@]2(C)[C@@H](/C=C/C=O)CC[C@]12O. The molecule has 3 heteroatoms. The molecule has 0 aromatic carbocycles. The number of aldehydes is 1. The van der Waals surface area contributed by atoms with Gasteiger partial charge in [-0.1, -0.05) is 19.9 Å². The fraction of sp³-hybridized carbons (Fsp3) is 0.864. The van der Waals surface area contributed by atoms with Crippen LogP contribution < -0.4 is 0 Å². The van der Waals surface area contributed by atoms with Crippen LogP contribution in [-0.2, 0) is 4.79 Å². The standard InChI is InChI=1S/C22H34O3/c1-20-10-8-17(24)14-16(20)5-6-19-18(20)9-11-21(2)15(4-3-13-23)7-12-22(19,21)25/h3-4,13,15-19,24-25H,5-12,14H2,1-2H3/b4-3+/t15-,16+,17+,18-,19+,20-,21+,22-/m0/s1. The molecular weight excluding hydrogens is 312 g/mol. The molecule has 0 unspecified atom stereocenters. The molecule has 4 aliphatic rings. The predicted octanol–water partition coefficient (Wildman–Crippen LogP) is 3.88. The Bertz CT molecular complexity index is 572. The number of carbonyl (C=O) groups is 1. The van der Waals surface area contributed by atoms with Gasteiger partial charge in [-0.15, -0.1) is 0 Å². The number of allylic oxidation sites excluding steroid dienone is 2. The zero-order valence-electron chi connectivity index (χ0n) is 15.8. The topological polar surface area (TPSA) is 57.5 Å². The van der Waals surface area contributed by atoms with Crippen molar-refractivity contribution in [1.82, 2.24) is 0 Å². The van der Waals surface area contributed by atoms with Crippen molar-refractivity contribution in [3.8, 4) is 0 Å². The molecule has 4 aliphatic carbocycles. The lowest BCUT2D eigenvalue weighted by Gasteiger charge is -2.63. The summed E-state index contributed by atoms with van der Waals surface area (Å²) in [5, 5.41) is 22.1. The van der Waals surface area contributed by atoms with Gasteiger partial charge in [-0.05, 0) is 93.0 Å². The van der Waals surface area contributed by atoms with Crippen molar-refractivity contribution >= 4 is 6.29 Å². The maximum absolute atomic E-state index is 11.9. The molecule has 0 aliphatic heterocycles. The summed E-state index contributed by atoms with van der Waals surface area (Å²) < 4.78 is 0. The molecule has 2 N–H and O–H groups in total. The van der Waals surface area contributed by atoms with E-state index >= 15 is 0 Å². The molecule has 0 aromatic heterocycles. The van der Waals surface area contributed by atoms with Crippen LogP contribution >= 0.6 is 0 Å². The average Bonchev–Trinajstić information content (AvgIpc) is 2.85. The van der Waals surface area contributed by atoms with Crippen LogP contribution in [0.4, 0.5) is 0 Å². The maximum atomic E-state index is 11.9. The Morgan fingerprint density at radius 2 is 1.76 bits per heavy atom. The summed E-state index contributed by atoms with van der Waals surface area (Å²) in [6, 6.07) is 0. The number of carbonyl (C=O) groups excluding carboxylic acids is 1. The van der Waals surface area contributed by atoms with Crippen molar-refractivity contribution < 1.29 is 15.0 Å². The van der Waals surface area contributed by atoms with Crippen molar-refractivity contribution in [3.63, 3.8) is 0 Å². The van der Waals surface area contributed by atoms with Crippen LogP contribution in [0.2, 0.25) is 0 Å². The smallest absolute Gasteiger partial charge is 0.142 e. The zero-order chi connectivity index (χ0) is 17.9. The molecule has 0 spiro atoms. The Morgan fingerprint density at radius 1 is 0.960 bits per heavy atom. The van der Waals surface area contributed by atoms with Crippen molar-refractivity contribution in [1.29, 1.82) is 0 Å². The molecule has 4 saturated carbocycles. The van der Waals surface area contributed by atoms with Crippen LogP contribution in [0.3, 0.4) is 0 Å². The largest absolute Gasteiger partial charge is 0.393 e. The zero-order valence-corrected chi connectivity index (χ0v) is 15.8. The average molecular weight is 347 g/mol. The van der Waals surface area contributed by atoms with E-state index in [1.54, 1.807) is 6.08 Å². The van der Waals surface area contributed by atoms with Gasteiger partial charge < -0.3 is 10.2 Å². The Balaban J connectivity index is 1.65. The lowest BCUT2D eigenvalue weighted by Crippen LogP contribution is -2.62. The molecule has 0 radical (unpaired) electrons. The summed E-state index contributed by atoms with van der Waals surface area (Å²) in [6.45, 7) is 4.72.